The number of anilines is 1. The number of carboxylic acid groups (broad SMARTS) is 1. The Labute approximate surface area is 172 Å². The van der Waals surface area contributed by atoms with Crippen LogP contribution in [0.1, 0.15) is 18.4 Å². The van der Waals surface area contributed by atoms with E-state index in [1.807, 2.05) is 24.6 Å². The summed E-state index contributed by atoms with van der Waals surface area (Å²) in [6.07, 6.45) is 6.44. The highest BCUT2D eigenvalue weighted by atomic mass is 32.2. The lowest BCUT2D eigenvalue weighted by molar-refractivity contribution is 0.132. The van der Waals surface area contributed by atoms with Crippen LogP contribution in [0.25, 0.3) is 22.2 Å². The molecule has 0 saturated carbocycles. The fourth-order valence-corrected chi connectivity index (χ4v) is 4.13. The largest absolute Gasteiger partial charge is 0.465 e. The fraction of sp³-hybridized carbons (Fsp3) is 0.300. The van der Waals surface area contributed by atoms with Crippen LogP contribution in [0.2, 0.25) is 0 Å². The monoisotopic (exact) mass is 408 g/mol. The summed E-state index contributed by atoms with van der Waals surface area (Å²) in [6, 6.07) is 7.67. The topological polar surface area (TPSA) is 118 Å². The predicted molar refractivity (Wildman–Crippen MR) is 112 cm³/mol. The first-order valence-corrected chi connectivity index (χ1v) is 10.5. The van der Waals surface area contributed by atoms with Crippen molar-refractivity contribution < 1.29 is 9.90 Å². The average molecular weight is 408 g/mol. The van der Waals surface area contributed by atoms with Crippen LogP contribution in [0.4, 0.5) is 10.7 Å². The van der Waals surface area contributed by atoms with Crippen LogP contribution in [0.3, 0.4) is 0 Å². The molecule has 3 heterocycles. The van der Waals surface area contributed by atoms with Crippen molar-refractivity contribution in [3.8, 4) is 17.3 Å². The van der Waals surface area contributed by atoms with Crippen molar-refractivity contribution in [3.63, 3.8) is 0 Å². The van der Waals surface area contributed by atoms with Crippen LogP contribution < -0.4 is 5.32 Å². The van der Waals surface area contributed by atoms with E-state index in [9.17, 15) is 9.90 Å². The number of rotatable bonds is 4. The molecule has 1 atom stereocenters. The van der Waals surface area contributed by atoms with Gasteiger partial charge in [0.05, 0.1) is 22.2 Å². The highest BCUT2D eigenvalue weighted by Crippen LogP contribution is 2.34. The molecule has 1 fully saturated rings. The molecule has 1 aromatic carbocycles. The van der Waals surface area contributed by atoms with Gasteiger partial charge in [0.25, 0.3) is 0 Å². The number of aromatic amines is 1. The fourth-order valence-electron chi connectivity index (χ4n) is 3.63. The normalized spacial score (nSPS) is 16.6. The molecule has 3 N–H and O–H groups in total. The van der Waals surface area contributed by atoms with Gasteiger partial charge in [-0.3, -0.25) is 0 Å². The first-order chi connectivity index (χ1) is 14.1. The van der Waals surface area contributed by atoms with Crippen LogP contribution in [0, 0.1) is 11.3 Å². The van der Waals surface area contributed by atoms with Crippen molar-refractivity contribution in [1.82, 2.24) is 19.9 Å². The summed E-state index contributed by atoms with van der Waals surface area (Å²) in [4.78, 5) is 26.0. The molecule has 0 aliphatic carbocycles. The first kappa shape index (κ1) is 19.1. The molecular formula is C20H20N6O2S. The quantitative estimate of drug-likeness (QED) is 0.562. The van der Waals surface area contributed by atoms with Gasteiger partial charge in [0.15, 0.2) is 0 Å². The van der Waals surface area contributed by atoms with Crippen LogP contribution in [0.15, 0.2) is 35.5 Å². The van der Waals surface area contributed by atoms with Gasteiger partial charge >= 0.3 is 6.09 Å². The van der Waals surface area contributed by atoms with Gasteiger partial charge in [-0.25, -0.2) is 14.8 Å². The third-order valence-corrected chi connectivity index (χ3v) is 5.80. The van der Waals surface area contributed by atoms with Gasteiger partial charge in [0.1, 0.15) is 0 Å². The number of nitrogens with one attached hydrogen (secondary N) is 2. The van der Waals surface area contributed by atoms with Crippen molar-refractivity contribution in [2.45, 2.75) is 23.8 Å². The van der Waals surface area contributed by atoms with Crippen molar-refractivity contribution in [2.75, 3.05) is 24.7 Å². The molecule has 4 rings (SSSR count). The number of likely N-dealkylation sites (tertiary alicyclic amines) is 1. The van der Waals surface area contributed by atoms with E-state index < -0.39 is 6.09 Å². The maximum Gasteiger partial charge on any atom is 0.407 e. The highest BCUT2D eigenvalue weighted by molar-refractivity contribution is 7.98. The number of carbonyl (C=O) groups is 1. The lowest BCUT2D eigenvalue weighted by Crippen LogP contribution is -2.44. The summed E-state index contributed by atoms with van der Waals surface area (Å²) in [7, 11) is 0. The molecule has 3 aromatic rings. The van der Waals surface area contributed by atoms with Gasteiger partial charge in [-0.1, -0.05) is 6.07 Å². The molecule has 2 aromatic heterocycles. The third-order valence-electron chi connectivity index (χ3n) is 5.07. The molecule has 0 unspecified atom stereocenters. The van der Waals surface area contributed by atoms with E-state index in [0.29, 0.717) is 24.6 Å². The Morgan fingerprint density at radius 2 is 2.34 bits per heavy atom. The Kier molecular flexibility index (Phi) is 5.27. The van der Waals surface area contributed by atoms with E-state index in [1.165, 1.54) is 4.90 Å². The van der Waals surface area contributed by atoms with E-state index in [1.54, 1.807) is 24.0 Å². The number of piperidine rings is 1. The molecule has 1 aliphatic heterocycles. The maximum atomic E-state index is 11.3. The lowest BCUT2D eigenvalue weighted by atomic mass is 10.1. The van der Waals surface area contributed by atoms with Crippen molar-refractivity contribution in [3.05, 3.63) is 36.2 Å². The average Bonchev–Trinajstić information content (AvgIpc) is 3.16. The van der Waals surface area contributed by atoms with Gasteiger partial charge in [0, 0.05) is 48.0 Å². The maximum absolute atomic E-state index is 11.3. The van der Waals surface area contributed by atoms with E-state index in [2.05, 4.69) is 21.4 Å². The number of hydrogen-bond acceptors (Lipinski definition) is 6. The molecule has 148 valence electrons. The second-order valence-electron chi connectivity index (χ2n) is 6.90. The minimum atomic E-state index is -0.897. The number of H-pyrrole nitrogens is 1. The number of amides is 1. The van der Waals surface area contributed by atoms with E-state index in [0.717, 1.165) is 39.9 Å². The van der Waals surface area contributed by atoms with E-state index in [4.69, 9.17) is 10.2 Å². The smallest absolute Gasteiger partial charge is 0.407 e. The Bertz CT molecular complexity index is 1110. The third kappa shape index (κ3) is 3.84. The lowest BCUT2D eigenvalue weighted by Gasteiger charge is -2.31. The SMILES string of the molecule is CSc1cnc(N[C@H]2CCCN(C(=O)O)C2)nc1-c1c[nH]c2cc(C#N)ccc12. The summed E-state index contributed by atoms with van der Waals surface area (Å²) >= 11 is 1.56. The Hall–Kier alpha value is -3.25. The standard InChI is InChI=1S/C20H20N6O2S/c1-29-17-10-23-19(24-13-3-2-6-26(11-13)20(27)28)25-18(17)15-9-22-16-7-12(8-21)4-5-14(15)16/h4-5,7,9-10,13,22H,2-3,6,11H2,1H3,(H,27,28)(H,23,24,25)/t13-/m0/s1. The summed E-state index contributed by atoms with van der Waals surface area (Å²) in [6.45, 7) is 0.980. The molecule has 9 heteroatoms. The Balaban J connectivity index is 1.66. The summed E-state index contributed by atoms with van der Waals surface area (Å²) in [5, 5.41) is 22.6. The number of hydrogen-bond donors (Lipinski definition) is 3. The number of benzene rings is 1. The van der Waals surface area contributed by atoms with Gasteiger partial charge in [-0.2, -0.15) is 5.26 Å². The number of nitrogens with zero attached hydrogens (tertiary/aromatic N) is 4. The van der Waals surface area contributed by atoms with Crippen molar-refractivity contribution in [2.24, 2.45) is 0 Å². The molecule has 0 bridgehead atoms. The van der Waals surface area contributed by atoms with Crippen LogP contribution in [-0.4, -0.2) is 56.4 Å². The minimum absolute atomic E-state index is 0.0195. The van der Waals surface area contributed by atoms with Gasteiger partial charge in [-0.15, -0.1) is 11.8 Å². The zero-order chi connectivity index (χ0) is 20.4. The molecule has 8 nitrogen and oxygen atoms in total. The van der Waals surface area contributed by atoms with Gasteiger partial charge < -0.3 is 20.3 Å². The molecule has 29 heavy (non-hydrogen) atoms. The Morgan fingerprint density at radius 3 is 3.10 bits per heavy atom. The summed E-state index contributed by atoms with van der Waals surface area (Å²) < 4.78 is 0. The number of nitriles is 1. The highest BCUT2D eigenvalue weighted by Gasteiger charge is 2.24. The van der Waals surface area contributed by atoms with E-state index in [-0.39, 0.29) is 6.04 Å². The second-order valence-corrected chi connectivity index (χ2v) is 7.75. The summed E-state index contributed by atoms with van der Waals surface area (Å²) in [5.74, 6) is 0.484. The molecule has 1 aliphatic rings. The van der Waals surface area contributed by atoms with Gasteiger partial charge in [0.2, 0.25) is 5.95 Å². The van der Waals surface area contributed by atoms with Crippen molar-refractivity contribution >= 4 is 34.7 Å². The van der Waals surface area contributed by atoms with Gasteiger partial charge in [-0.05, 0) is 31.2 Å². The predicted octanol–water partition coefficient (Wildman–Crippen LogP) is 3.77. The number of thioether (sulfide) groups is 1. The Morgan fingerprint density at radius 1 is 1.48 bits per heavy atom. The zero-order valence-electron chi connectivity index (χ0n) is 15.8. The number of fused-ring (bicyclic) bond motifs is 1. The molecule has 1 amide bonds. The van der Waals surface area contributed by atoms with Crippen LogP contribution >= 0.6 is 11.8 Å². The number of aromatic nitrogens is 3. The molecular weight excluding hydrogens is 388 g/mol. The molecule has 1 saturated heterocycles. The van der Waals surface area contributed by atoms with Crippen LogP contribution in [0.5, 0.6) is 0 Å². The molecule has 0 spiro atoms. The minimum Gasteiger partial charge on any atom is -0.465 e. The van der Waals surface area contributed by atoms with E-state index >= 15 is 0 Å². The molecule has 0 radical (unpaired) electrons. The summed E-state index contributed by atoms with van der Waals surface area (Å²) in [5.41, 5.74) is 3.22. The van der Waals surface area contributed by atoms with Crippen LogP contribution in [-0.2, 0) is 0 Å². The van der Waals surface area contributed by atoms with Crippen molar-refractivity contribution in [1.29, 1.82) is 5.26 Å². The zero-order valence-corrected chi connectivity index (χ0v) is 16.7. The second kappa shape index (κ2) is 8.01. The first-order valence-electron chi connectivity index (χ1n) is 9.26.